The molecule has 1 radical (unpaired) electrons. The second-order valence-corrected chi connectivity index (χ2v) is 7.07. The van der Waals surface area contributed by atoms with Crippen LogP contribution in [0.5, 0.6) is 0 Å². The van der Waals surface area contributed by atoms with Gasteiger partial charge in [-0.15, -0.1) is 0 Å². The Kier molecular flexibility index (Phi) is 4.72. The molecule has 4 aromatic carbocycles. The molecule has 0 saturated carbocycles. The van der Waals surface area contributed by atoms with Gasteiger partial charge in [-0.25, -0.2) is 0 Å². The summed E-state index contributed by atoms with van der Waals surface area (Å²) < 4.78 is 0. The summed E-state index contributed by atoms with van der Waals surface area (Å²) in [5.41, 5.74) is 5.13. The normalized spacial score (nSPS) is 10.6. The first-order valence-electron chi connectivity index (χ1n) is 8.42. The van der Waals surface area contributed by atoms with E-state index in [9.17, 15) is 0 Å². The summed E-state index contributed by atoms with van der Waals surface area (Å²) in [6.45, 7) is 0. The van der Waals surface area contributed by atoms with E-state index in [1.165, 1.54) is 41.4 Å². The fourth-order valence-corrected chi connectivity index (χ4v) is 4.22. The van der Waals surface area contributed by atoms with Crippen molar-refractivity contribution in [1.29, 1.82) is 0 Å². The fourth-order valence-electron chi connectivity index (χ4n) is 3.00. The first-order valence-corrected chi connectivity index (χ1v) is 9.32. The van der Waals surface area contributed by atoms with Crippen molar-refractivity contribution in [2.45, 2.75) is 0 Å². The molecule has 0 unspecified atom stereocenters. The zero-order chi connectivity index (χ0) is 16.9. The molecular weight excluding hydrogens is 319 g/mol. The van der Waals surface area contributed by atoms with Crippen LogP contribution >= 0.6 is 8.58 Å². The Morgan fingerprint density at radius 1 is 0.360 bits per heavy atom. The maximum atomic E-state index is 2.23. The Morgan fingerprint density at radius 3 is 1.16 bits per heavy atom. The Hall–Kier alpha value is -2.69. The van der Waals surface area contributed by atoms with E-state index in [1.807, 2.05) is 0 Å². The van der Waals surface area contributed by atoms with Crippen LogP contribution in [0.3, 0.4) is 0 Å². The highest BCUT2D eigenvalue weighted by atomic mass is 31.1. The van der Waals surface area contributed by atoms with Crippen molar-refractivity contribution < 1.29 is 0 Å². The van der Waals surface area contributed by atoms with E-state index >= 15 is 0 Å². The van der Waals surface area contributed by atoms with Crippen molar-refractivity contribution in [3.63, 3.8) is 0 Å². The van der Waals surface area contributed by atoms with Crippen molar-refractivity contribution in [2.24, 2.45) is 0 Å². The molecule has 25 heavy (non-hydrogen) atoms. The maximum absolute atomic E-state index is 2.23. The van der Waals surface area contributed by atoms with Crippen LogP contribution in [0, 0.1) is 0 Å². The van der Waals surface area contributed by atoms with E-state index in [-0.39, 0.29) is 0 Å². The molecule has 1 heteroatoms. The van der Waals surface area contributed by atoms with Gasteiger partial charge in [0.25, 0.3) is 0 Å². The van der Waals surface area contributed by atoms with Crippen LogP contribution in [-0.4, -0.2) is 0 Å². The fraction of sp³-hybridized carbons (Fsp3) is 0. The molecule has 0 fully saturated rings. The highest BCUT2D eigenvalue weighted by Crippen LogP contribution is 2.27. The second kappa shape index (κ2) is 7.47. The monoisotopic (exact) mass is 337 g/mol. The molecular formula is C24H18P. The Labute approximate surface area is 151 Å². The van der Waals surface area contributed by atoms with Crippen LogP contribution in [0.1, 0.15) is 0 Å². The van der Waals surface area contributed by atoms with Crippen LogP contribution in [0.2, 0.25) is 0 Å². The number of hydrogen-bond acceptors (Lipinski definition) is 0. The third-order valence-electron chi connectivity index (χ3n) is 4.22. The summed E-state index contributed by atoms with van der Waals surface area (Å²) in [6, 6.07) is 38.6. The van der Waals surface area contributed by atoms with Crippen molar-refractivity contribution >= 4 is 19.2 Å². The van der Waals surface area contributed by atoms with Crippen molar-refractivity contribution in [3.8, 4) is 22.3 Å². The predicted octanol–water partition coefficient (Wildman–Crippen LogP) is 5.92. The van der Waals surface area contributed by atoms with Gasteiger partial charge in [-0.05, 0) is 41.4 Å². The predicted molar refractivity (Wildman–Crippen MR) is 110 cm³/mol. The Bertz CT molecular complexity index is 878. The van der Waals surface area contributed by atoms with Gasteiger partial charge in [0.1, 0.15) is 0 Å². The molecule has 0 amide bonds. The molecule has 4 rings (SSSR count). The van der Waals surface area contributed by atoms with Crippen LogP contribution in [0.4, 0.5) is 0 Å². The molecule has 0 aliphatic heterocycles. The van der Waals surface area contributed by atoms with E-state index in [2.05, 4.69) is 109 Å². The lowest BCUT2D eigenvalue weighted by Crippen LogP contribution is -2.08. The minimum atomic E-state index is 1.23. The first-order chi connectivity index (χ1) is 12.4. The molecule has 0 nitrogen and oxygen atoms in total. The smallest absolute Gasteiger partial charge is 0.00678 e. The summed E-state index contributed by atoms with van der Waals surface area (Å²) in [4.78, 5) is 0. The second-order valence-electron chi connectivity index (χ2n) is 5.88. The van der Waals surface area contributed by atoms with E-state index < -0.39 is 0 Å². The van der Waals surface area contributed by atoms with E-state index in [0.717, 1.165) is 0 Å². The van der Waals surface area contributed by atoms with Gasteiger partial charge >= 0.3 is 0 Å². The van der Waals surface area contributed by atoms with Crippen LogP contribution in [0.25, 0.3) is 22.3 Å². The molecule has 0 heterocycles. The standard InChI is InChI=1S/C24H18P/c1-3-11-19(12-4-1)21-15-7-9-17-23(21)25-24-18-10-8-16-22(24)20-13-5-2-6-14-20/h1-18H. The maximum Gasteiger partial charge on any atom is -0.00678 e. The van der Waals surface area contributed by atoms with Crippen molar-refractivity contribution in [1.82, 2.24) is 0 Å². The average Bonchev–Trinajstić information content (AvgIpc) is 2.70. The van der Waals surface area contributed by atoms with Gasteiger partial charge < -0.3 is 0 Å². The molecule has 4 aromatic rings. The van der Waals surface area contributed by atoms with Gasteiger partial charge in [0.15, 0.2) is 0 Å². The largest absolute Gasteiger partial charge is 0.0622 e. The minimum Gasteiger partial charge on any atom is -0.0622 e. The molecule has 0 saturated heterocycles. The quantitative estimate of drug-likeness (QED) is 0.406. The molecule has 0 spiro atoms. The van der Waals surface area contributed by atoms with Gasteiger partial charge in [0.05, 0.1) is 0 Å². The molecule has 119 valence electrons. The number of benzene rings is 4. The third-order valence-corrected chi connectivity index (χ3v) is 5.48. The number of rotatable bonds is 4. The molecule has 0 atom stereocenters. The SMILES string of the molecule is c1ccc(-c2ccccc2[P]c2ccccc2-c2ccccc2)cc1. The van der Waals surface area contributed by atoms with E-state index in [4.69, 9.17) is 0 Å². The van der Waals surface area contributed by atoms with Crippen molar-refractivity contribution in [2.75, 3.05) is 0 Å². The summed E-state index contributed by atoms with van der Waals surface area (Å²) in [5, 5.41) is 2.66. The van der Waals surface area contributed by atoms with Gasteiger partial charge in [-0.2, -0.15) is 0 Å². The average molecular weight is 337 g/mol. The molecule has 0 N–H and O–H groups in total. The van der Waals surface area contributed by atoms with Crippen LogP contribution < -0.4 is 10.6 Å². The van der Waals surface area contributed by atoms with Crippen LogP contribution in [-0.2, 0) is 0 Å². The van der Waals surface area contributed by atoms with Gasteiger partial charge in [-0.3, -0.25) is 0 Å². The zero-order valence-corrected chi connectivity index (χ0v) is 14.7. The molecule has 0 aliphatic rings. The first kappa shape index (κ1) is 15.8. The molecule has 0 aromatic heterocycles. The minimum absolute atomic E-state index is 1.23. The van der Waals surface area contributed by atoms with E-state index in [1.54, 1.807) is 0 Å². The zero-order valence-electron chi connectivity index (χ0n) is 13.8. The lowest BCUT2D eigenvalue weighted by Gasteiger charge is -2.12. The van der Waals surface area contributed by atoms with Gasteiger partial charge in [0, 0.05) is 0 Å². The lowest BCUT2D eigenvalue weighted by atomic mass is 10.1. The highest BCUT2D eigenvalue weighted by Gasteiger charge is 2.10. The lowest BCUT2D eigenvalue weighted by molar-refractivity contribution is 1.64. The Morgan fingerprint density at radius 2 is 0.720 bits per heavy atom. The summed E-state index contributed by atoms with van der Waals surface area (Å²) >= 11 is 0. The van der Waals surface area contributed by atoms with Crippen LogP contribution in [0.15, 0.2) is 109 Å². The Balaban J connectivity index is 1.76. The summed E-state index contributed by atoms with van der Waals surface area (Å²) in [6.07, 6.45) is 0. The summed E-state index contributed by atoms with van der Waals surface area (Å²) in [7, 11) is 1.23. The molecule has 0 bridgehead atoms. The topological polar surface area (TPSA) is 0 Å². The van der Waals surface area contributed by atoms with Gasteiger partial charge in [-0.1, -0.05) is 109 Å². The highest BCUT2D eigenvalue weighted by molar-refractivity contribution is 7.56. The van der Waals surface area contributed by atoms with Crippen molar-refractivity contribution in [3.05, 3.63) is 109 Å². The summed E-state index contributed by atoms with van der Waals surface area (Å²) in [5.74, 6) is 0. The third kappa shape index (κ3) is 3.55. The van der Waals surface area contributed by atoms with E-state index in [0.29, 0.717) is 0 Å². The number of hydrogen-bond donors (Lipinski definition) is 0. The molecule has 0 aliphatic carbocycles. The van der Waals surface area contributed by atoms with Gasteiger partial charge in [0.2, 0.25) is 0 Å².